The molecule has 1 N–H and O–H groups in total. The Morgan fingerprint density at radius 3 is 2.85 bits per heavy atom. The van der Waals surface area contributed by atoms with Crippen LogP contribution in [0.5, 0.6) is 0 Å². The van der Waals surface area contributed by atoms with E-state index in [1.54, 1.807) is 0 Å². The minimum Gasteiger partial charge on any atom is -0.480 e. The molecule has 1 aliphatic rings. The fraction of sp³-hybridized carbons (Fsp3) is 0.875. The highest BCUT2D eigenvalue weighted by molar-refractivity contribution is 5.67. The summed E-state index contributed by atoms with van der Waals surface area (Å²) in [7, 11) is 0. The summed E-state index contributed by atoms with van der Waals surface area (Å²) >= 11 is 0. The van der Waals surface area contributed by atoms with Crippen molar-refractivity contribution in [3.05, 3.63) is 0 Å². The molecule has 1 unspecified atom stereocenters. The highest BCUT2D eigenvalue weighted by Gasteiger charge is 2.32. The number of hydrogen-bond donors (Lipinski definition) is 1. The van der Waals surface area contributed by atoms with E-state index in [4.69, 9.17) is 19.3 Å². The summed E-state index contributed by atoms with van der Waals surface area (Å²) in [6.45, 7) is 4.04. The zero-order valence-electron chi connectivity index (χ0n) is 7.78. The van der Waals surface area contributed by atoms with Crippen molar-refractivity contribution in [2.24, 2.45) is 0 Å². The fourth-order valence-corrected chi connectivity index (χ4v) is 1.12. The molecule has 1 atom stereocenters. The van der Waals surface area contributed by atoms with E-state index >= 15 is 0 Å². The molecular weight excluding hydrogens is 176 g/mol. The van der Waals surface area contributed by atoms with Crippen molar-refractivity contribution in [1.82, 2.24) is 0 Å². The molecule has 0 saturated carbocycles. The van der Waals surface area contributed by atoms with Crippen molar-refractivity contribution in [3.8, 4) is 0 Å². The Morgan fingerprint density at radius 2 is 2.38 bits per heavy atom. The number of carboxylic acid groups (broad SMARTS) is 1. The fourth-order valence-electron chi connectivity index (χ4n) is 1.12. The molecule has 1 saturated heterocycles. The molecule has 0 aromatic heterocycles. The summed E-state index contributed by atoms with van der Waals surface area (Å²) < 4.78 is 15.5. The predicted molar refractivity (Wildman–Crippen MR) is 43.4 cm³/mol. The minimum absolute atomic E-state index is 0.158. The number of aliphatic carboxylic acids is 1. The smallest absolute Gasteiger partial charge is 0.329 e. The summed E-state index contributed by atoms with van der Waals surface area (Å²) in [5.74, 6) is -1.55. The van der Waals surface area contributed by atoms with Gasteiger partial charge in [0.05, 0.1) is 13.2 Å². The van der Waals surface area contributed by atoms with Crippen molar-refractivity contribution < 1.29 is 24.1 Å². The van der Waals surface area contributed by atoms with Gasteiger partial charge >= 0.3 is 5.97 Å². The zero-order chi connectivity index (χ0) is 9.90. The third kappa shape index (κ3) is 3.71. The number of carboxylic acids is 1. The third-order valence-electron chi connectivity index (χ3n) is 1.60. The third-order valence-corrected chi connectivity index (χ3v) is 1.60. The molecular formula is C8H14O5. The van der Waals surface area contributed by atoms with E-state index in [1.807, 2.05) is 13.8 Å². The summed E-state index contributed by atoms with van der Waals surface area (Å²) in [4.78, 5) is 10.1. The number of ether oxygens (including phenoxy) is 3. The summed E-state index contributed by atoms with van der Waals surface area (Å²) in [6, 6.07) is 0. The number of hydrogen-bond acceptors (Lipinski definition) is 4. The van der Waals surface area contributed by atoms with Gasteiger partial charge in [0.15, 0.2) is 5.79 Å². The zero-order valence-corrected chi connectivity index (χ0v) is 7.78. The first-order valence-corrected chi connectivity index (χ1v) is 4.11. The van der Waals surface area contributed by atoms with Crippen LogP contribution >= 0.6 is 0 Å². The van der Waals surface area contributed by atoms with Gasteiger partial charge in [0.1, 0.15) is 12.7 Å². The van der Waals surface area contributed by atoms with Gasteiger partial charge < -0.3 is 19.3 Å². The average molecular weight is 190 g/mol. The molecule has 1 fully saturated rings. The lowest BCUT2D eigenvalue weighted by Crippen LogP contribution is -2.25. The summed E-state index contributed by atoms with van der Waals surface area (Å²) in [5, 5.41) is 8.29. The molecule has 76 valence electrons. The van der Waals surface area contributed by atoms with E-state index in [9.17, 15) is 4.79 Å². The van der Waals surface area contributed by atoms with E-state index in [-0.39, 0.29) is 19.3 Å². The molecule has 0 amide bonds. The van der Waals surface area contributed by atoms with Gasteiger partial charge in [0.25, 0.3) is 0 Å². The van der Waals surface area contributed by atoms with E-state index in [0.717, 1.165) is 0 Å². The van der Waals surface area contributed by atoms with Crippen LogP contribution in [0.1, 0.15) is 13.8 Å². The van der Waals surface area contributed by atoms with Crippen molar-refractivity contribution in [1.29, 1.82) is 0 Å². The van der Waals surface area contributed by atoms with Crippen LogP contribution in [0.2, 0.25) is 0 Å². The Labute approximate surface area is 76.6 Å². The van der Waals surface area contributed by atoms with Crippen LogP contribution in [0.4, 0.5) is 0 Å². The first-order chi connectivity index (χ1) is 5.99. The van der Waals surface area contributed by atoms with Gasteiger partial charge in [-0.15, -0.1) is 0 Å². The van der Waals surface area contributed by atoms with Crippen molar-refractivity contribution in [3.63, 3.8) is 0 Å². The van der Waals surface area contributed by atoms with Crippen LogP contribution in [0.25, 0.3) is 0 Å². The van der Waals surface area contributed by atoms with E-state index in [1.165, 1.54) is 0 Å². The lowest BCUT2D eigenvalue weighted by molar-refractivity contribution is -0.151. The number of rotatable bonds is 4. The van der Waals surface area contributed by atoms with Crippen LogP contribution in [0.3, 0.4) is 0 Å². The number of carbonyl (C=O) groups is 1. The molecule has 13 heavy (non-hydrogen) atoms. The van der Waals surface area contributed by atoms with Crippen LogP contribution in [0, 0.1) is 0 Å². The SMILES string of the molecule is CC1(C)OCC(COCC(=O)O)O1. The molecule has 0 radical (unpaired) electrons. The van der Waals surface area contributed by atoms with Gasteiger partial charge in [-0.2, -0.15) is 0 Å². The average Bonchev–Trinajstić information content (AvgIpc) is 2.29. The molecule has 0 spiro atoms. The maximum atomic E-state index is 10.1. The molecule has 0 aliphatic carbocycles. The van der Waals surface area contributed by atoms with Gasteiger partial charge in [-0.05, 0) is 13.8 Å². The Balaban J connectivity index is 2.14. The highest BCUT2D eigenvalue weighted by atomic mass is 16.7. The Morgan fingerprint density at radius 1 is 1.69 bits per heavy atom. The first kappa shape index (κ1) is 10.4. The van der Waals surface area contributed by atoms with Crippen molar-refractivity contribution >= 4 is 5.97 Å². The Hall–Kier alpha value is -0.650. The van der Waals surface area contributed by atoms with Crippen LogP contribution in [0.15, 0.2) is 0 Å². The maximum Gasteiger partial charge on any atom is 0.329 e. The van der Waals surface area contributed by atoms with Crippen LogP contribution in [-0.2, 0) is 19.0 Å². The molecule has 1 rings (SSSR count). The quantitative estimate of drug-likeness (QED) is 0.687. The van der Waals surface area contributed by atoms with Gasteiger partial charge in [-0.3, -0.25) is 0 Å². The molecule has 0 aromatic rings. The molecule has 5 nitrogen and oxygen atoms in total. The largest absolute Gasteiger partial charge is 0.480 e. The van der Waals surface area contributed by atoms with Gasteiger partial charge in [0, 0.05) is 0 Å². The molecule has 0 bridgehead atoms. The van der Waals surface area contributed by atoms with Gasteiger partial charge in [-0.25, -0.2) is 4.79 Å². The summed E-state index contributed by atoms with van der Waals surface area (Å²) in [6.07, 6.45) is -0.158. The van der Waals surface area contributed by atoms with E-state index < -0.39 is 11.8 Å². The normalized spacial score (nSPS) is 26.2. The minimum atomic E-state index is -0.974. The van der Waals surface area contributed by atoms with E-state index in [2.05, 4.69) is 0 Å². The molecule has 5 heteroatoms. The lowest BCUT2D eigenvalue weighted by Gasteiger charge is -2.16. The topological polar surface area (TPSA) is 65.0 Å². The monoisotopic (exact) mass is 190 g/mol. The molecule has 0 aromatic carbocycles. The highest BCUT2D eigenvalue weighted by Crippen LogP contribution is 2.22. The Bertz CT molecular complexity index is 189. The summed E-state index contributed by atoms with van der Waals surface area (Å²) in [5.41, 5.74) is 0. The van der Waals surface area contributed by atoms with Crippen LogP contribution in [-0.4, -0.2) is 42.8 Å². The van der Waals surface area contributed by atoms with Gasteiger partial charge in [0.2, 0.25) is 0 Å². The van der Waals surface area contributed by atoms with E-state index in [0.29, 0.717) is 6.61 Å². The predicted octanol–water partition coefficient (Wildman–Crippen LogP) is 0.239. The maximum absolute atomic E-state index is 10.1. The lowest BCUT2D eigenvalue weighted by atomic mass is 10.4. The molecule has 1 heterocycles. The van der Waals surface area contributed by atoms with Crippen LogP contribution < -0.4 is 0 Å². The second-order valence-corrected chi connectivity index (χ2v) is 3.36. The second-order valence-electron chi connectivity index (χ2n) is 3.36. The Kier molecular flexibility index (Phi) is 3.24. The molecule has 1 aliphatic heterocycles. The van der Waals surface area contributed by atoms with Gasteiger partial charge in [-0.1, -0.05) is 0 Å². The standard InChI is InChI=1S/C8H14O5/c1-8(2)12-4-6(13-8)3-11-5-7(9)10/h6H,3-5H2,1-2H3,(H,9,10). The second kappa shape index (κ2) is 4.04. The first-order valence-electron chi connectivity index (χ1n) is 4.11. The van der Waals surface area contributed by atoms with Crippen molar-refractivity contribution in [2.75, 3.05) is 19.8 Å². The van der Waals surface area contributed by atoms with Crippen molar-refractivity contribution in [2.45, 2.75) is 25.7 Å².